The topological polar surface area (TPSA) is 46.5 Å². The van der Waals surface area contributed by atoms with Crippen LogP contribution in [0.25, 0.3) is 0 Å². The van der Waals surface area contributed by atoms with Crippen molar-refractivity contribution in [3.05, 3.63) is 59.7 Å². The van der Waals surface area contributed by atoms with Crippen LogP contribution >= 0.6 is 15.9 Å². The lowest BCUT2D eigenvalue weighted by Crippen LogP contribution is -2.32. The third-order valence-corrected chi connectivity index (χ3v) is 3.19. The second-order valence-corrected chi connectivity index (χ2v) is 5.07. The summed E-state index contributed by atoms with van der Waals surface area (Å²) in [6, 6.07) is 9.08. The van der Waals surface area contributed by atoms with E-state index in [4.69, 9.17) is 4.74 Å². The number of alkyl halides is 1. The van der Waals surface area contributed by atoms with E-state index >= 15 is 0 Å². The van der Waals surface area contributed by atoms with E-state index in [-0.39, 0.29) is 12.2 Å². The van der Waals surface area contributed by atoms with Crippen molar-refractivity contribution in [1.29, 1.82) is 0 Å². The Morgan fingerprint density at radius 3 is 2.68 bits per heavy atom. The van der Waals surface area contributed by atoms with Gasteiger partial charge in [-0.25, -0.2) is 0 Å². The van der Waals surface area contributed by atoms with Gasteiger partial charge in [0, 0.05) is 22.9 Å². The Labute approximate surface area is 120 Å². The predicted molar refractivity (Wildman–Crippen MR) is 77.3 cm³/mol. The number of hydrogen-bond acceptors (Lipinski definition) is 3. The van der Waals surface area contributed by atoms with E-state index in [0.717, 1.165) is 0 Å². The molecule has 19 heavy (non-hydrogen) atoms. The van der Waals surface area contributed by atoms with Crippen LogP contribution < -0.4 is 0 Å². The molecular formula is C15H15BrO3. The first kappa shape index (κ1) is 14.2. The van der Waals surface area contributed by atoms with Crippen LogP contribution in [0.2, 0.25) is 0 Å². The minimum Gasteiger partial charge on any atom is -0.362 e. The Hall–Kier alpha value is -1.23. The van der Waals surface area contributed by atoms with Crippen LogP contribution in [0.3, 0.4) is 0 Å². The van der Waals surface area contributed by atoms with Gasteiger partial charge in [-0.3, -0.25) is 4.79 Å². The normalized spacial score (nSPS) is 22.1. The molecule has 0 heterocycles. The minimum atomic E-state index is -1.30. The van der Waals surface area contributed by atoms with E-state index in [9.17, 15) is 9.90 Å². The number of halogens is 1. The number of Topliss-reactive ketones (excluding diaryl/α,β-unsaturated/α-hetero) is 1. The monoisotopic (exact) mass is 322 g/mol. The molecule has 1 aromatic rings. The molecule has 0 amide bonds. The summed E-state index contributed by atoms with van der Waals surface area (Å²) in [5, 5.41) is 10.7. The van der Waals surface area contributed by atoms with Crippen molar-refractivity contribution in [2.75, 3.05) is 11.9 Å². The average molecular weight is 323 g/mol. The SMILES string of the molecule is O=C(C1=CCC(O)(OCCBr)C=C1)c1ccccc1. The van der Waals surface area contributed by atoms with Crippen molar-refractivity contribution < 1.29 is 14.6 Å². The highest BCUT2D eigenvalue weighted by molar-refractivity contribution is 9.09. The Morgan fingerprint density at radius 2 is 2.11 bits per heavy atom. The second kappa shape index (κ2) is 6.28. The van der Waals surface area contributed by atoms with Crippen molar-refractivity contribution in [3.63, 3.8) is 0 Å². The van der Waals surface area contributed by atoms with Crippen LogP contribution in [0.15, 0.2) is 54.1 Å². The van der Waals surface area contributed by atoms with Gasteiger partial charge < -0.3 is 9.84 Å². The highest BCUT2D eigenvalue weighted by Crippen LogP contribution is 2.24. The molecule has 1 aromatic carbocycles. The molecule has 4 heteroatoms. The molecule has 100 valence electrons. The molecule has 1 atom stereocenters. The maximum Gasteiger partial charge on any atom is 0.192 e. The van der Waals surface area contributed by atoms with Crippen molar-refractivity contribution in [2.45, 2.75) is 12.2 Å². The van der Waals surface area contributed by atoms with E-state index in [1.54, 1.807) is 24.3 Å². The molecule has 0 spiro atoms. The van der Waals surface area contributed by atoms with E-state index in [1.165, 1.54) is 6.08 Å². The van der Waals surface area contributed by atoms with Gasteiger partial charge in [-0.15, -0.1) is 0 Å². The summed E-state index contributed by atoms with van der Waals surface area (Å²) in [6.45, 7) is 0.413. The lowest BCUT2D eigenvalue weighted by atomic mass is 9.95. The summed E-state index contributed by atoms with van der Waals surface area (Å²) in [4.78, 5) is 12.2. The van der Waals surface area contributed by atoms with Gasteiger partial charge in [0.1, 0.15) is 0 Å². The molecule has 0 aromatic heterocycles. The molecule has 0 saturated carbocycles. The fourth-order valence-corrected chi connectivity index (χ4v) is 2.02. The quantitative estimate of drug-likeness (QED) is 0.515. The Kier molecular flexibility index (Phi) is 4.69. The number of carbonyl (C=O) groups excluding carboxylic acids is 1. The summed E-state index contributed by atoms with van der Waals surface area (Å²) >= 11 is 3.24. The van der Waals surface area contributed by atoms with E-state index < -0.39 is 5.79 Å². The molecule has 1 aliphatic rings. The van der Waals surface area contributed by atoms with Crippen LogP contribution in [0.5, 0.6) is 0 Å². The van der Waals surface area contributed by atoms with Crippen LogP contribution in [0.4, 0.5) is 0 Å². The smallest absolute Gasteiger partial charge is 0.192 e. The van der Waals surface area contributed by atoms with E-state index in [1.807, 2.05) is 18.2 Å². The third kappa shape index (κ3) is 3.62. The first-order valence-electron chi connectivity index (χ1n) is 6.06. The number of carbonyl (C=O) groups is 1. The fourth-order valence-electron chi connectivity index (χ4n) is 1.86. The first-order valence-corrected chi connectivity index (χ1v) is 7.18. The lowest BCUT2D eigenvalue weighted by molar-refractivity contribution is -0.160. The number of aliphatic hydroxyl groups is 1. The summed E-state index contributed by atoms with van der Waals surface area (Å²) in [5.74, 6) is -1.34. The average Bonchev–Trinajstić information content (AvgIpc) is 2.46. The number of ketones is 1. The summed E-state index contributed by atoms with van der Waals surface area (Å²) < 4.78 is 5.32. The van der Waals surface area contributed by atoms with E-state index in [0.29, 0.717) is 23.1 Å². The zero-order valence-corrected chi connectivity index (χ0v) is 12.0. The molecule has 1 aliphatic carbocycles. The number of benzene rings is 1. The molecule has 1 N–H and O–H groups in total. The fraction of sp³-hybridized carbons (Fsp3) is 0.267. The zero-order valence-electron chi connectivity index (χ0n) is 10.4. The van der Waals surface area contributed by atoms with Crippen molar-refractivity contribution in [1.82, 2.24) is 0 Å². The van der Waals surface area contributed by atoms with Gasteiger partial charge in [-0.05, 0) is 6.08 Å². The standard InChI is InChI=1S/C15H15BrO3/c16-10-11-19-15(18)8-6-13(7-9-15)14(17)12-4-2-1-3-5-12/h1-8,18H,9-11H2. The molecular weight excluding hydrogens is 308 g/mol. The molecule has 0 bridgehead atoms. The van der Waals surface area contributed by atoms with Gasteiger partial charge in [0.15, 0.2) is 11.6 Å². The number of allylic oxidation sites excluding steroid dienone is 2. The molecule has 0 aliphatic heterocycles. The van der Waals surface area contributed by atoms with Crippen LogP contribution in [-0.2, 0) is 4.74 Å². The molecule has 3 nitrogen and oxygen atoms in total. The van der Waals surface area contributed by atoms with Crippen molar-refractivity contribution in [3.8, 4) is 0 Å². The third-order valence-electron chi connectivity index (χ3n) is 2.87. The number of hydrogen-bond donors (Lipinski definition) is 1. The Morgan fingerprint density at radius 1 is 1.37 bits per heavy atom. The molecule has 2 rings (SSSR count). The maximum absolute atomic E-state index is 12.2. The predicted octanol–water partition coefficient (Wildman–Crippen LogP) is 2.86. The van der Waals surface area contributed by atoms with Crippen molar-refractivity contribution >= 4 is 21.7 Å². The van der Waals surface area contributed by atoms with Gasteiger partial charge >= 0.3 is 0 Å². The summed E-state index contributed by atoms with van der Waals surface area (Å²) in [6.07, 6.45) is 5.15. The Bertz CT molecular complexity index is 507. The largest absolute Gasteiger partial charge is 0.362 e. The van der Waals surface area contributed by atoms with Gasteiger partial charge in [-0.2, -0.15) is 0 Å². The molecule has 0 radical (unpaired) electrons. The molecule has 0 saturated heterocycles. The Balaban J connectivity index is 2.06. The first-order chi connectivity index (χ1) is 9.14. The number of ether oxygens (including phenoxy) is 1. The molecule has 0 fully saturated rings. The van der Waals surface area contributed by atoms with Gasteiger partial charge in [-0.1, -0.05) is 58.4 Å². The van der Waals surface area contributed by atoms with Gasteiger partial charge in [0.05, 0.1) is 6.61 Å². The highest BCUT2D eigenvalue weighted by Gasteiger charge is 2.27. The van der Waals surface area contributed by atoms with Gasteiger partial charge in [0.2, 0.25) is 0 Å². The summed E-state index contributed by atoms with van der Waals surface area (Å²) in [7, 11) is 0. The van der Waals surface area contributed by atoms with Crippen LogP contribution in [0.1, 0.15) is 16.8 Å². The highest BCUT2D eigenvalue weighted by atomic mass is 79.9. The van der Waals surface area contributed by atoms with Crippen molar-refractivity contribution in [2.24, 2.45) is 0 Å². The van der Waals surface area contributed by atoms with E-state index in [2.05, 4.69) is 15.9 Å². The lowest BCUT2D eigenvalue weighted by Gasteiger charge is -2.26. The van der Waals surface area contributed by atoms with Crippen LogP contribution in [0, 0.1) is 0 Å². The van der Waals surface area contributed by atoms with Crippen LogP contribution in [-0.4, -0.2) is 28.6 Å². The number of rotatable bonds is 5. The minimum absolute atomic E-state index is 0.0422. The summed E-state index contributed by atoms with van der Waals surface area (Å²) in [5.41, 5.74) is 1.23. The molecule has 1 unspecified atom stereocenters. The zero-order chi connectivity index (χ0) is 13.7. The maximum atomic E-state index is 12.2. The second-order valence-electron chi connectivity index (χ2n) is 4.27. The van der Waals surface area contributed by atoms with Gasteiger partial charge in [0.25, 0.3) is 0 Å².